The van der Waals surface area contributed by atoms with Crippen molar-refractivity contribution in [2.45, 2.75) is 51.2 Å². The predicted octanol–water partition coefficient (Wildman–Crippen LogP) is 3.18. The molecule has 2 heterocycles. The number of aromatic nitrogens is 4. The smallest absolute Gasteiger partial charge is 0.224 e. The average Bonchev–Trinajstić information content (AvgIpc) is 2.87. The number of imidazole rings is 1. The molecule has 0 aliphatic heterocycles. The predicted molar refractivity (Wildman–Crippen MR) is 82.2 cm³/mol. The van der Waals surface area contributed by atoms with Crippen molar-refractivity contribution < 1.29 is 5.11 Å². The van der Waals surface area contributed by atoms with Crippen LogP contribution >= 0.6 is 11.6 Å². The van der Waals surface area contributed by atoms with Gasteiger partial charge in [-0.05, 0) is 50.1 Å². The van der Waals surface area contributed by atoms with Gasteiger partial charge >= 0.3 is 0 Å². The molecule has 22 heavy (non-hydrogen) atoms. The van der Waals surface area contributed by atoms with Gasteiger partial charge in [0.15, 0.2) is 5.65 Å². The highest BCUT2D eigenvalue weighted by Gasteiger charge is 2.27. The van der Waals surface area contributed by atoms with E-state index in [1.54, 1.807) is 13.1 Å². The number of aliphatic hydroxyl groups excluding tert-OH is 1. The van der Waals surface area contributed by atoms with E-state index in [0.717, 1.165) is 25.7 Å². The van der Waals surface area contributed by atoms with Gasteiger partial charge in [-0.25, -0.2) is 9.97 Å². The summed E-state index contributed by atoms with van der Waals surface area (Å²) in [5, 5.41) is 19.0. The summed E-state index contributed by atoms with van der Waals surface area (Å²) < 4.78 is 2.01. The number of hydrogen-bond donors (Lipinski definition) is 1. The van der Waals surface area contributed by atoms with Crippen LogP contribution in [0.2, 0.25) is 5.28 Å². The highest BCUT2D eigenvalue weighted by atomic mass is 35.5. The van der Waals surface area contributed by atoms with Crippen LogP contribution in [-0.2, 0) is 0 Å². The van der Waals surface area contributed by atoms with E-state index in [4.69, 9.17) is 16.9 Å². The largest absolute Gasteiger partial charge is 0.385 e. The molecule has 1 aliphatic rings. The number of nitriles is 1. The second kappa shape index (κ2) is 6.19. The van der Waals surface area contributed by atoms with Crippen molar-refractivity contribution in [3.63, 3.8) is 0 Å². The van der Waals surface area contributed by atoms with E-state index in [9.17, 15) is 5.11 Å². The second-order valence-corrected chi connectivity index (χ2v) is 6.24. The molecule has 7 heteroatoms. The third kappa shape index (κ3) is 2.79. The molecule has 0 bridgehead atoms. The van der Waals surface area contributed by atoms with Crippen LogP contribution in [0.15, 0.2) is 6.20 Å². The first-order valence-corrected chi connectivity index (χ1v) is 7.93. The van der Waals surface area contributed by atoms with Crippen LogP contribution < -0.4 is 0 Å². The number of aliphatic hydroxyl groups is 1. The van der Waals surface area contributed by atoms with Gasteiger partial charge in [0.1, 0.15) is 17.4 Å². The monoisotopic (exact) mass is 319 g/mol. The first-order valence-electron chi connectivity index (χ1n) is 7.55. The molecular weight excluding hydrogens is 302 g/mol. The van der Waals surface area contributed by atoms with Crippen molar-refractivity contribution in [2.24, 2.45) is 5.92 Å². The zero-order valence-electron chi connectivity index (χ0n) is 12.4. The Balaban J connectivity index is 1.97. The Labute approximate surface area is 133 Å². The lowest BCUT2D eigenvalue weighted by atomic mass is 9.84. The number of nitrogens with zero attached hydrogens (tertiary/aromatic N) is 5. The van der Waals surface area contributed by atoms with Crippen LogP contribution in [-0.4, -0.2) is 24.6 Å². The molecule has 1 fully saturated rings. The quantitative estimate of drug-likeness (QED) is 0.878. The Hall–Kier alpha value is -1.71. The third-order valence-corrected chi connectivity index (χ3v) is 4.55. The average molecular weight is 320 g/mol. The van der Waals surface area contributed by atoms with Crippen LogP contribution in [0.3, 0.4) is 0 Å². The van der Waals surface area contributed by atoms with E-state index in [0.29, 0.717) is 29.3 Å². The van der Waals surface area contributed by atoms with Crippen molar-refractivity contribution in [1.82, 2.24) is 19.5 Å². The fraction of sp³-hybridized carbons (Fsp3) is 0.600. The maximum Gasteiger partial charge on any atom is 0.224 e. The number of hydrogen-bond acceptors (Lipinski definition) is 5. The Morgan fingerprint density at radius 3 is 2.77 bits per heavy atom. The van der Waals surface area contributed by atoms with Crippen LogP contribution in [0.1, 0.15) is 57.0 Å². The highest BCUT2D eigenvalue weighted by molar-refractivity contribution is 6.28. The summed E-state index contributed by atoms with van der Waals surface area (Å²) in [4.78, 5) is 12.7. The van der Waals surface area contributed by atoms with Crippen LogP contribution in [0.4, 0.5) is 0 Å². The minimum Gasteiger partial charge on any atom is -0.385 e. The molecule has 0 radical (unpaired) electrons. The summed E-state index contributed by atoms with van der Waals surface area (Å²) in [6.45, 7) is 1.70. The summed E-state index contributed by atoms with van der Waals surface area (Å²) in [5.41, 5.74) is 1.33. The Bertz CT molecular complexity index is 713. The minimum atomic E-state index is -0.676. The third-order valence-electron chi connectivity index (χ3n) is 4.37. The molecule has 0 spiro atoms. The summed E-state index contributed by atoms with van der Waals surface area (Å²) in [6.07, 6.45) is 5.47. The van der Waals surface area contributed by atoms with Gasteiger partial charge in [0.05, 0.1) is 12.3 Å². The molecule has 0 saturated heterocycles. The van der Waals surface area contributed by atoms with Gasteiger partial charge < -0.3 is 9.67 Å². The zero-order chi connectivity index (χ0) is 15.7. The molecule has 3 rings (SSSR count). The van der Waals surface area contributed by atoms with E-state index in [1.165, 1.54) is 0 Å². The lowest BCUT2D eigenvalue weighted by Crippen LogP contribution is -2.21. The molecule has 1 atom stereocenters. The minimum absolute atomic E-state index is 0.184. The van der Waals surface area contributed by atoms with E-state index in [2.05, 4.69) is 21.0 Å². The number of fused-ring (bicyclic) bond motifs is 1. The second-order valence-electron chi connectivity index (χ2n) is 5.90. The van der Waals surface area contributed by atoms with Gasteiger partial charge in [-0.2, -0.15) is 10.2 Å². The Morgan fingerprint density at radius 1 is 1.41 bits per heavy atom. The molecule has 1 aliphatic carbocycles. The standard InChI is InChI=1S/C15H18ClN5O/c1-9(22)13-19-12-8-18-15(16)20-14(12)21(13)11-4-2-10(3-5-11)6-7-17/h8-11,22H,2-6H2,1H3. The normalized spacial score (nSPS) is 23.4. The first kappa shape index (κ1) is 15.2. The van der Waals surface area contributed by atoms with E-state index < -0.39 is 6.10 Å². The lowest BCUT2D eigenvalue weighted by Gasteiger charge is -2.29. The van der Waals surface area contributed by atoms with Crippen molar-refractivity contribution in [1.29, 1.82) is 5.26 Å². The topological polar surface area (TPSA) is 87.6 Å². The maximum absolute atomic E-state index is 10.0. The Morgan fingerprint density at radius 2 is 2.14 bits per heavy atom. The van der Waals surface area contributed by atoms with Crippen LogP contribution in [0.25, 0.3) is 11.2 Å². The fourth-order valence-electron chi connectivity index (χ4n) is 3.28. The van der Waals surface area contributed by atoms with Crippen molar-refractivity contribution in [3.8, 4) is 6.07 Å². The molecular formula is C15H18ClN5O. The molecule has 1 N–H and O–H groups in total. The van der Waals surface area contributed by atoms with Gasteiger partial charge in [0, 0.05) is 12.5 Å². The summed E-state index contributed by atoms with van der Waals surface area (Å²) in [6, 6.07) is 2.49. The van der Waals surface area contributed by atoms with E-state index in [-0.39, 0.29) is 11.3 Å². The van der Waals surface area contributed by atoms with E-state index in [1.807, 2.05) is 4.57 Å². The maximum atomic E-state index is 10.0. The molecule has 1 unspecified atom stereocenters. The fourth-order valence-corrected chi connectivity index (χ4v) is 3.41. The summed E-state index contributed by atoms with van der Waals surface area (Å²) in [7, 11) is 0. The SMILES string of the molecule is CC(O)c1nc2cnc(Cl)nc2n1C1CCC(CC#N)CC1. The molecule has 116 valence electrons. The molecule has 0 aromatic carbocycles. The molecule has 2 aromatic heterocycles. The zero-order valence-corrected chi connectivity index (χ0v) is 13.2. The Kier molecular flexibility index (Phi) is 4.27. The number of rotatable bonds is 3. The van der Waals surface area contributed by atoms with Gasteiger partial charge in [-0.3, -0.25) is 0 Å². The molecule has 1 saturated carbocycles. The van der Waals surface area contributed by atoms with Crippen molar-refractivity contribution in [3.05, 3.63) is 17.3 Å². The van der Waals surface area contributed by atoms with Crippen molar-refractivity contribution >= 4 is 22.8 Å². The van der Waals surface area contributed by atoms with Gasteiger partial charge in [-0.15, -0.1) is 0 Å². The van der Waals surface area contributed by atoms with Gasteiger partial charge in [0.2, 0.25) is 5.28 Å². The van der Waals surface area contributed by atoms with Gasteiger partial charge in [0.25, 0.3) is 0 Å². The van der Waals surface area contributed by atoms with E-state index >= 15 is 0 Å². The first-order chi connectivity index (χ1) is 10.6. The molecule has 2 aromatic rings. The highest BCUT2D eigenvalue weighted by Crippen LogP contribution is 2.37. The molecule has 0 amide bonds. The van der Waals surface area contributed by atoms with Crippen molar-refractivity contribution in [2.75, 3.05) is 0 Å². The van der Waals surface area contributed by atoms with Crippen LogP contribution in [0.5, 0.6) is 0 Å². The molecule has 6 nitrogen and oxygen atoms in total. The number of halogens is 1. The van der Waals surface area contributed by atoms with Gasteiger partial charge in [-0.1, -0.05) is 0 Å². The lowest BCUT2D eigenvalue weighted by molar-refractivity contribution is 0.175. The van der Waals surface area contributed by atoms with Crippen LogP contribution in [0, 0.1) is 17.2 Å². The summed E-state index contributed by atoms with van der Waals surface area (Å²) in [5.74, 6) is 1.08. The summed E-state index contributed by atoms with van der Waals surface area (Å²) >= 11 is 5.92.